The Morgan fingerprint density at radius 3 is 2.25 bits per heavy atom. The molecule has 0 bridgehead atoms. The third kappa shape index (κ3) is 6.71. The summed E-state index contributed by atoms with van der Waals surface area (Å²) in [5.41, 5.74) is 2.71. The van der Waals surface area contributed by atoms with Gasteiger partial charge < -0.3 is 20.3 Å². The van der Waals surface area contributed by atoms with E-state index in [1.165, 1.54) is 12.1 Å². The highest BCUT2D eigenvalue weighted by molar-refractivity contribution is 7.92. The first-order valence-electron chi connectivity index (χ1n) is 10.1. The van der Waals surface area contributed by atoms with Crippen LogP contribution in [0.15, 0.2) is 72.8 Å². The van der Waals surface area contributed by atoms with E-state index in [0.29, 0.717) is 5.56 Å². The van der Waals surface area contributed by atoms with Gasteiger partial charge in [-0.3, -0.25) is 4.72 Å². The molecule has 4 N–H and O–H groups in total. The number of aliphatic hydroxyl groups excluding tert-OH is 1. The number of aliphatic hydroxyl groups is 1. The van der Waals surface area contributed by atoms with Crippen LogP contribution in [-0.2, 0) is 16.4 Å². The lowest BCUT2D eigenvalue weighted by atomic mass is 9.98. The molecular formula is C24H28N2O5S. The van der Waals surface area contributed by atoms with Crippen LogP contribution in [0.3, 0.4) is 0 Å². The van der Waals surface area contributed by atoms with Crippen LogP contribution in [-0.4, -0.2) is 38.5 Å². The molecule has 0 fully saturated rings. The molecule has 32 heavy (non-hydrogen) atoms. The number of sulfonamides is 1. The van der Waals surface area contributed by atoms with E-state index >= 15 is 0 Å². The molecule has 0 spiro atoms. The number of methoxy groups -OCH3 is 1. The number of benzene rings is 3. The van der Waals surface area contributed by atoms with Gasteiger partial charge >= 0.3 is 0 Å². The second-order valence-corrected chi connectivity index (χ2v) is 9.34. The molecule has 0 aliphatic carbocycles. The maximum absolute atomic E-state index is 11.5. The minimum absolute atomic E-state index is 0.0278. The third-order valence-electron chi connectivity index (χ3n) is 5.06. The smallest absolute Gasteiger partial charge is 0.229 e. The Kier molecular flexibility index (Phi) is 7.74. The lowest BCUT2D eigenvalue weighted by Crippen LogP contribution is -2.28. The third-order valence-corrected chi connectivity index (χ3v) is 5.65. The first-order valence-corrected chi connectivity index (χ1v) is 12.0. The van der Waals surface area contributed by atoms with Crippen molar-refractivity contribution in [2.75, 3.05) is 24.6 Å². The summed E-state index contributed by atoms with van der Waals surface area (Å²) in [5.74, 6) is 0.557. The highest BCUT2D eigenvalue weighted by Gasteiger charge is 2.17. The second kappa shape index (κ2) is 10.5. The summed E-state index contributed by atoms with van der Waals surface area (Å²) < 4.78 is 30.5. The Morgan fingerprint density at radius 1 is 0.969 bits per heavy atom. The molecule has 0 amide bonds. The number of phenolic OH excluding ortho intramolecular Hbond substituents is 1. The molecule has 2 unspecified atom stereocenters. The fourth-order valence-corrected chi connectivity index (χ4v) is 3.97. The van der Waals surface area contributed by atoms with Gasteiger partial charge in [-0.15, -0.1) is 0 Å². The van der Waals surface area contributed by atoms with Crippen molar-refractivity contribution < 1.29 is 23.4 Å². The van der Waals surface area contributed by atoms with Gasteiger partial charge in [-0.2, -0.15) is 0 Å². The van der Waals surface area contributed by atoms with Crippen molar-refractivity contribution >= 4 is 15.7 Å². The number of phenols is 1. The molecule has 3 rings (SSSR count). The van der Waals surface area contributed by atoms with Gasteiger partial charge in [0.15, 0.2) is 0 Å². The number of rotatable bonds is 10. The molecule has 0 radical (unpaired) electrons. The summed E-state index contributed by atoms with van der Waals surface area (Å²) in [5, 5.41) is 24.1. The number of anilines is 1. The highest BCUT2D eigenvalue weighted by Crippen LogP contribution is 2.28. The van der Waals surface area contributed by atoms with Crippen molar-refractivity contribution in [1.82, 2.24) is 5.32 Å². The maximum Gasteiger partial charge on any atom is 0.229 e. The van der Waals surface area contributed by atoms with Crippen molar-refractivity contribution in [2.24, 2.45) is 0 Å². The van der Waals surface area contributed by atoms with E-state index in [0.717, 1.165) is 29.6 Å². The van der Waals surface area contributed by atoms with Crippen molar-refractivity contribution in [3.8, 4) is 11.5 Å². The number of hydrogen-bond acceptors (Lipinski definition) is 6. The average Bonchev–Trinajstić information content (AvgIpc) is 2.77. The van der Waals surface area contributed by atoms with E-state index in [4.69, 9.17) is 4.74 Å². The molecule has 0 aromatic heterocycles. The van der Waals surface area contributed by atoms with Crippen molar-refractivity contribution in [3.05, 3.63) is 89.5 Å². The van der Waals surface area contributed by atoms with Crippen molar-refractivity contribution in [1.29, 1.82) is 0 Å². The van der Waals surface area contributed by atoms with Gasteiger partial charge in [0.25, 0.3) is 0 Å². The molecule has 0 aliphatic heterocycles. The molecule has 8 heteroatoms. The fraction of sp³-hybridized carbons (Fsp3) is 0.250. The molecule has 2 atom stereocenters. The Labute approximate surface area is 188 Å². The summed E-state index contributed by atoms with van der Waals surface area (Å²) in [4.78, 5) is 0. The van der Waals surface area contributed by atoms with E-state index in [-0.39, 0.29) is 24.0 Å². The van der Waals surface area contributed by atoms with Crippen molar-refractivity contribution in [3.63, 3.8) is 0 Å². The second-order valence-electron chi connectivity index (χ2n) is 7.59. The Hall–Kier alpha value is -3.07. The molecule has 3 aromatic rings. The minimum Gasteiger partial charge on any atom is -0.506 e. The summed E-state index contributed by atoms with van der Waals surface area (Å²) >= 11 is 0. The molecule has 170 valence electrons. The predicted octanol–water partition coefficient (Wildman–Crippen LogP) is 3.38. The predicted molar refractivity (Wildman–Crippen MR) is 125 cm³/mol. The number of aromatic hydroxyl groups is 1. The normalized spacial score (nSPS) is 13.3. The van der Waals surface area contributed by atoms with Crippen molar-refractivity contribution in [2.45, 2.75) is 18.6 Å². The number of nitrogens with one attached hydrogen (secondary N) is 2. The summed E-state index contributed by atoms with van der Waals surface area (Å²) in [6, 6.07) is 22.1. The summed E-state index contributed by atoms with van der Waals surface area (Å²) in [7, 11) is -1.94. The largest absolute Gasteiger partial charge is 0.506 e. The summed E-state index contributed by atoms with van der Waals surface area (Å²) in [6.45, 7) is 0.229. The standard InChI is InChI=1S/C24H28N2O5S/c1-31-20-11-8-18(9-12-20)21(14-17-6-4-3-5-7-17)25-16-24(28)19-10-13-23(27)22(15-19)26-32(2,29)30/h3-13,15,21,24-28H,14,16H2,1-2H3. The number of hydrogen-bond donors (Lipinski definition) is 4. The molecule has 0 saturated heterocycles. The highest BCUT2D eigenvalue weighted by atomic mass is 32.2. The van der Waals surface area contributed by atoms with Gasteiger partial charge in [0.05, 0.1) is 25.2 Å². The zero-order valence-corrected chi connectivity index (χ0v) is 18.8. The average molecular weight is 457 g/mol. The van der Waals surface area contributed by atoms with E-state index in [2.05, 4.69) is 22.2 Å². The van der Waals surface area contributed by atoms with Crippen LogP contribution in [0.25, 0.3) is 0 Å². The number of ether oxygens (including phenoxy) is 1. The van der Waals surface area contributed by atoms with Gasteiger partial charge in [-0.25, -0.2) is 8.42 Å². The SMILES string of the molecule is COc1ccc(C(Cc2ccccc2)NCC(O)c2ccc(O)c(NS(C)(=O)=O)c2)cc1. The fourth-order valence-electron chi connectivity index (χ4n) is 3.41. The zero-order valence-electron chi connectivity index (χ0n) is 18.0. The molecule has 0 aliphatic rings. The van der Waals surface area contributed by atoms with Crippen LogP contribution in [0, 0.1) is 0 Å². The Bertz CT molecular complexity index is 1120. The first-order chi connectivity index (χ1) is 15.2. The zero-order chi connectivity index (χ0) is 23.1. The molecule has 0 heterocycles. The van der Waals surface area contributed by atoms with Crippen LogP contribution in [0.4, 0.5) is 5.69 Å². The van der Waals surface area contributed by atoms with E-state index < -0.39 is 16.1 Å². The van der Waals surface area contributed by atoms with Gasteiger partial charge in [0, 0.05) is 12.6 Å². The lowest BCUT2D eigenvalue weighted by Gasteiger charge is -2.22. The molecular weight excluding hydrogens is 428 g/mol. The Morgan fingerprint density at radius 2 is 1.62 bits per heavy atom. The van der Waals surface area contributed by atoms with Crippen LogP contribution in [0.2, 0.25) is 0 Å². The monoisotopic (exact) mass is 456 g/mol. The van der Waals surface area contributed by atoms with Crippen LogP contribution in [0.1, 0.15) is 28.8 Å². The topological polar surface area (TPSA) is 108 Å². The van der Waals surface area contributed by atoms with Gasteiger partial charge in [-0.1, -0.05) is 48.5 Å². The lowest BCUT2D eigenvalue weighted by molar-refractivity contribution is 0.169. The molecule has 3 aromatic carbocycles. The molecule has 7 nitrogen and oxygen atoms in total. The van der Waals surface area contributed by atoms with Crippen LogP contribution in [0.5, 0.6) is 11.5 Å². The molecule has 0 saturated carbocycles. The quantitative estimate of drug-likeness (QED) is 0.349. The Balaban J connectivity index is 1.76. The van der Waals surface area contributed by atoms with Gasteiger partial charge in [0.2, 0.25) is 10.0 Å². The van der Waals surface area contributed by atoms with E-state index in [9.17, 15) is 18.6 Å². The first kappa shape index (κ1) is 23.6. The van der Waals surface area contributed by atoms with Crippen LogP contribution >= 0.6 is 0 Å². The van der Waals surface area contributed by atoms with E-state index in [1.807, 2.05) is 42.5 Å². The van der Waals surface area contributed by atoms with Gasteiger partial charge in [-0.05, 0) is 47.4 Å². The summed E-state index contributed by atoms with van der Waals surface area (Å²) in [6.07, 6.45) is 0.809. The van der Waals surface area contributed by atoms with Gasteiger partial charge in [0.1, 0.15) is 11.5 Å². The minimum atomic E-state index is -3.56. The van der Waals surface area contributed by atoms with E-state index in [1.54, 1.807) is 13.2 Å². The van der Waals surface area contributed by atoms with Crippen LogP contribution < -0.4 is 14.8 Å². The maximum atomic E-state index is 11.5.